The lowest BCUT2D eigenvalue weighted by Crippen LogP contribution is -2.39. The van der Waals surface area contributed by atoms with Crippen molar-refractivity contribution in [3.8, 4) is 22.6 Å². The van der Waals surface area contributed by atoms with Crippen molar-refractivity contribution < 1.29 is 23.0 Å². The van der Waals surface area contributed by atoms with E-state index in [0.717, 1.165) is 28.8 Å². The fourth-order valence-electron chi connectivity index (χ4n) is 3.02. The minimum atomic E-state index is -1.72. The average Bonchev–Trinajstić information content (AvgIpc) is 2.94. The SMILES string of the molecule is [B]C1([B])Oc2cc(C)c(-c3ccc(NC(=O)c4c(F)cccc4F)nc3)cc2O1. The van der Waals surface area contributed by atoms with Crippen LogP contribution in [-0.2, 0) is 0 Å². The van der Waals surface area contributed by atoms with Crippen molar-refractivity contribution in [2.24, 2.45) is 0 Å². The Morgan fingerprint density at radius 3 is 2.34 bits per heavy atom. The highest BCUT2D eigenvalue weighted by molar-refractivity contribution is 6.38. The number of hydrogen-bond acceptors (Lipinski definition) is 4. The van der Waals surface area contributed by atoms with Crippen LogP contribution in [0, 0.1) is 18.6 Å². The minimum Gasteiger partial charge on any atom is -0.468 e. The molecule has 5 nitrogen and oxygen atoms in total. The highest BCUT2D eigenvalue weighted by Gasteiger charge is 2.31. The van der Waals surface area contributed by atoms with Gasteiger partial charge in [-0.15, -0.1) is 0 Å². The van der Waals surface area contributed by atoms with Crippen LogP contribution >= 0.6 is 0 Å². The summed E-state index contributed by atoms with van der Waals surface area (Å²) >= 11 is 0. The topological polar surface area (TPSA) is 60.5 Å². The number of hydrogen-bond donors (Lipinski definition) is 1. The van der Waals surface area contributed by atoms with Crippen molar-refractivity contribution >= 4 is 27.4 Å². The number of ether oxygens (including phenoxy) is 2. The van der Waals surface area contributed by atoms with E-state index in [0.29, 0.717) is 11.5 Å². The van der Waals surface area contributed by atoms with Gasteiger partial charge in [-0.3, -0.25) is 4.79 Å². The van der Waals surface area contributed by atoms with E-state index in [1.54, 1.807) is 18.2 Å². The molecule has 1 N–H and O–H groups in total. The Hall–Kier alpha value is -3.35. The van der Waals surface area contributed by atoms with Crippen LogP contribution in [0.1, 0.15) is 15.9 Å². The van der Waals surface area contributed by atoms with Crippen molar-refractivity contribution in [2.75, 3.05) is 5.32 Å². The summed E-state index contributed by atoms with van der Waals surface area (Å²) in [5.41, 5.74) is -0.0258. The molecule has 0 atom stereocenters. The molecule has 2 heterocycles. The van der Waals surface area contributed by atoms with Crippen LogP contribution in [-0.4, -0.2) is 32.2 Å². The second kappa shape index (κ2) is 6.92. The number of nitrogens with one attached hydrogen (secondary N) is 1. The second-order valence-corrected chi connectivity index (χ2v) is 6.52. The van der Waals surface area contributed by atoms with E-state index in [1.165, 1.54) is 18.3 Å². The number of amides is 1. The summed E-state index contributed by atoms with van der Waals surface area (Å²) in [5, 5.41) is 2.38. The molecule has 0 unspecified atom stereocenters. The van der Waals surface area contributed by atoms with Crippen molar-refractivity contribution in [1.29, 1.82) is 0 Å². The lowest BCUT2D eigenvalue weighted by molar-refractivity contribution is 0.0833. The van der Waals surface area contributed by atoms with Crippen LogP contribution in [0.3, 0.4) is 0 Å². The van der Waals surface area contributed by atoms with Gasteiger partial charge in [-0.1, -0.05) is 6.07 Å². The normalized spacial score (nSPS) is 13.9. The van der Waals surface area contributed by atoms with Gasteiger partial charge in [0, 0.05) is 11.8 Å². The quantitative estimate of drug-likeness (QED) is 0.700. The van der Waals surface area contributed by atoms with Crippen molar-refractivity contribution in [2.45, 2.75) is 12.5 Å². The van der Waals surface area contributed by atoms with Gasteiger partial charge >= 0.3 is 0 Å². The lowest BCUT2D eigenvalue weighted by Gasteiger charge is -2.18. The van der Waals surface area contributed by atoms with Gasteiger partial charge in [0.1, 0.15) is 23.0 Å². The maximum Gasteiger partial charge on any atom is 0.262 e. The Bertz CT molecular complexity index is 1100. The van der Waals surface area contributed by atoms with E-state index >= 15 is 0 Å². The first-order chi connectivity index (χ1) is 13.7. The summed E-state index contributed by atoms with van der Waals surface area (Å²) in [7, 11) is 11.3. The summed E-state index contributed by atoms with van der Waals surface area (Å²) < 4.78 is 38.1. The van der Waals surface area contributed by atoms with Crippen LogP contribution < -0.4 is 14.8 Å². The number of nitrogens with zero attached hydrogens (tertiary/aromatic N) is 1. The molecule has 0 aliphatic carbocycles. The largest absolute Gasteiger partial charge is 0.468 e. The van der Waals surface area contributed by atoms with Gasteiger partial charge in [0.25, 0.3) is 5.91 Å². The molecule has 1 aliphatic rings. The van der Waals surface area contributed by atoms with Gasteiger partial charge in [0.05, 0.1) is 0 Å². The second-order valence-electron chi connectivity index (χ2n) is 6.52. The summed E-state index contributed by atoms with van der Waals surface area (Å²) in [6.45, 7) is 1.86. The standard InChI is InChI=1S/C20H12B2F2N2O3/c1-10-7-15-16(29-20(21,22)28-15)8-12(10)11-5-6-17(25-9-11)26-19(27)18-13(23)3-2-4-14(18)24/h2-9H,1H3,(H,25,26,27). The molecular weight excluding hydrogens is 376 g/mol. The summed E-state index contributed by atoms with van der Waals surface area (Å²) in [6.07, 6.45) is 1.51. The Morgan fingerprint density at radius 2 is 1.72 bits per heavy atom. The number of anilines is 1. The van der Waals surface area contributed by atoms with Crippen LogP contribution in [0.25, 0.3) is 11.1 Å². The third kappa shape index (κ3) is 3.68. The molecule has 0 saturated carbocycles. The third-order valence-electron chi connectivity index (χ3n) is 4.34. The number of pyridine rings is 1. The Balaban J connectivity index is 1.57. The van der Waals surface area contributed by atoms with Gasteiger partial charge < -0.3 is 14.8 Å². The molecule has 1 aromatic heterocycles. The number of rotatable bonds is 3. The number of carbonyl (C=O) groups excluding carboxylic acids is 1. The molecule has 0 bridgehead atoms. The fraction of sp³-hybridized carbons (Fsp3) is 0.100. The molecule has 140 valence electrons. The highest BCUT2D eigenvalue weighted by atomic mass is 19.1. The maximum absolute atomic E-state index is 13.7. The van der Waals surface area contributed by atoms with Crippen LogP contribution in [0.2, 0.25) is 0 Å². The Kier molecular flexibility index (Phi) is 4.53. The summed E-state index contributed by atoms with van der Waals surface area (Å²) in [6, 6.07) is 9.87. The number of fused-ring (bicyclic) bond motifs is 1. The first-order valence-corrected chi connectivity index (χ1v) is 8.56. The molecule has 4 radical (unpaired) electrons. The molecule has 1 aliphatic heterocycles. The molecule has 0 saturated heterocycles. The molecule has 9 heteroatoms. The van der Waals surface area contributed by atoms with Crippen LogP contribution in [0.5, 0.6) is 11.5 Å². The van der Waals surface area contributed by atoms with Crippen molar-refractivity contribution in [3.05, 3.63) is 71.4 Å². The Labute approximate surface area is 167 Å². The molecule has 1 amide bonds. The number of aromatic nitrogens is 1. The van der Waals surface area contributed by atoms with Crippen molar-refractivity contribution in [1.82, 2.24) is 4.98 Å². The van der Waals surface area contributed by atoms with Gasteiger partial charge in [-0.05, 0) is 54.4 Å². The van der Waals surface area contributed by atoms with Gasteiger partial charge in [0.2, 0.25) is 0 Å². The zero-order chi connectivity index (χ0) is 20.8. The van der Waals surface area contributed by atoms with E-state index in [-0.39, 0.29) is 5.82 Å². The molecule has 29 heavy (non-hydrogen) atoms. The number of aryl methyl sites for hydroxylation is 1. The zero-order valence-electron chi connectivity index (χ0n) is 15.2. The first-order valence-electron chi connectivity index (χ1n) is 8.56. The summed E-state index contributed by atoms with van der Waals surface area (Å²) in [5.74, 6) is -1.87. The van der Waals surface area contributed by atoms with Gasteiger partial charge in [-0.2, -0.15) is 0 Å². The van der Waals surface area contributed by atoms with E-state index in [9.17, 15) is 13.6 Å². The predicted molar refractivity (Wildman–Crippen MR) is 104 cm³/mol. The average molecular weight is 388 g/mol. The van der Waals surface area contributed by atoms with Crippen LogP contribution in [0.4, 0.5) is 14.6 Å². The molecule has 2 aromatic carbocycles. The Morgan fingerprint density at radius 1 is 1.07 bits per heavy atom. The number of carbonyl (C=O) groups is 1. The molecular formula is C20H12B2F2N2O3. The smallest absolute Gasteiger partial charge is 0.262 e. The zero-order valence-corrected chi connectivity index (χ0v) is 15.2. The van der Waals surface area contributed by atoms with Gasteiger partial charge in [-0.25, -0.2) is 13.8 Å². The minimum absolute atomic E-state index is 0.141. The molecule has 4 rings (SSSR count). The third-order valence-corrected chi connectivity index (χ3v) is 4.34. The number of halogens is 2. The van der Waals surface area contributed by atoms with E-state index in [4.69, 9.17) is 25.2 Å². The van der Waals surface area contributed by atoms with Crippen LogP contribution in [0.15, 0.2) is 48.7 Å². The predicted octanol–water partition coefficient (Wildman–Crippen LogP) is 3.31. The summed E-state index contributed by atoms with van der Waals surface area (Å²) in [4.78, 5) is 16.3. The molecule has 3 aromatic rings. The lowest BCUT2D eigenvalue weighted by atomic mass is 9.76. The molecule has 0 fully saturated rings. The number of benzene rings is 2. The van der Waals surface area contributed by atoms with E-state index in [1.807, 2.05) is 6.92 Å². The van der Waals surface area contributed by atoms with Gasteiger partial charge in [0.15, 0.2) is 32.8 Å². The van der Waals surface area contributed by atoms with E-state index < -0.39 is 28.7 Å². The highest BCUT2D eigenvalue weighted by Crippen LogP contribution is 2.41. The fourth-order valence-corrected chi connectivity index (χ4v) is 3.02. The monoisotopic (exact) mass is 388 g/mol. The first kappa shape index (κ1) is 19.0. The van der Waals surface area contributed by atoms with Crippen molar-refractivity contribution in [3.63, 3.8) is 0 Å². The maximum atomic E-state index is 13.7. The molecule has 0 spiro atoms. The van der Waals surface area contributed by atoms with E-state index in [2.05, 4.69) is 10.3 Å².